The van der Waals surface area contributed by atoms with Gasteiger partial charge >= 0.3 is 0 Å². The molecule has 0 aliphatic carbocycles. The molecular formula is C27H23ClN4O2. The molecule has 1 N–H and O–H groups in total. The molecule has 0 fully saturated rings. The average Bonchev–Trinajstić information content (AvgIpc) is 3.32. The maximum atomic E-state index is 13.2. The van der Waals surface area contributed by atoms with Gasteiger partial charge in [-0.1, -0.05) is 48.0 Å². The Labute approximate surface area is 202 Å². The zero-order valence-corrected chi connectivity index (χ0v) is 19.2. The molecule has 170 valence electrons. The lowest BCUT2D eigenvalue weighted by Crippen LogP contribution is -2.39. The molecule has 1 aromatic heterocycles. The SMILES string of the molecule is O=C(C(=O)N1CCN(Cc2cnc[nH]2)c2ccc(-c3ccccc3)cc2C1)c1ccc(Cl)cc1. The molecule has 0 saturated carbocycles. The number of aromatic amines is 1. The predicted octanol–water partition coefficient (Wildman–Crippen LogP) is 4.96. The fourth-order valence-corrected chi connectivity index (χ4v) is 4.39. The van der Waals surface area contributed by atoms with Crippen LogP contribution in [0.4, 0.5) is 5.69 Å². The molecule has 7 heteroatoms. The summed E-state index contributed by atoms with van der Waals surface area (Å²) in [5.74, 6) is -1.04. The minimum Gasteiger partial charge on any atom is -0.364 e. The van der Waals surface area contributed by atoms with Crippen molar-refractivity contribution < 1.29 is 9.59 Å². The Morgan fingerprint density at radius 3 is 2.47 bits per heavy atom. The Morgan fingerprint density at radius 2 is 1.74 bits per heavy atom. The van der Waals surface area contributed by atoms with E-state index in [0.29, 0.717) is 36.8 Å². The lowest BCUT2D eigenvalue weighted by atomic mass is 10.0. The van der Waals surface area contributed by atoms with Crippen LogP contribution in [0.15, 0.2) is 85.3 Å². The second kappa shape index (κ2) is 9.53. The number of carbonyl (C=O) groups excluding carboxylic acids is 2. The van der Waals surface area contributed by atoms with Gasteiger partial charge in [0, 0.05) is 42.1 Å². The second-order valence-corrected chi connectivity index (χ2v) is 8.71. The minimum absolute atomic E-state index is 0.339. The fraction of sp³-hybridized carbons (Fsp3) is 0.148. The molecule has 5 rings (SSSR count). The monoisotopic (exact) mass is 470 g/mol. The number of H-pyrrole nitrogens is 1. The Hall–Kier alpha value is -3.90. The Morgan fingerprint density at radius 1 is 0.941 bits per heavy atom. The summed E-state index contributed by atoms with van der Waals surface area (Å²) in [7, 11) is 0. The second-order valence-electron chi connectivity index (χ2n) is 8.27. The van der Waals surface area contributed by atoms with Crippen LogP contribution in [0, 0.1) is 0 Å². The number of fused-ring (bicyclic) bond motifs is 1. The van der Waals surface area contributed by atoms with Crippen molar-refractivity contribution in [1.82, 2.24) is 14.9 Å². The third-order valence-electron chi connectivity index (χ3n) is 6.03. The summed E-state index contributed by atoms with van der Waals surface area (Å²) in [5.41, 5.74) is 5.53. The molecule has 6 nitrogen and oxygen atoms in total. The number of anilines is 1. The van der Waals surface area contributed by atoms with E-state index in [1.165, 1.54) is 0 Å². The van der Waals surface area contributed by atoms with E-state index in [9.17, 15) is 9.59 Å². The van der Waals surface area contributed by atoms with Gasteiger partial charge in [0.2, 0.25) is 5.78 Å². The van der Waals surface area contributed by atoms with E-state index in [1.807, 2.05) is 18.2 Å². The van der Waals surface area contributed by atoms with Crippen molar-refractivity contribution in [2.45, 2.75) is 13.1 Å². The lowest BCUT2D eigenvalue weighted by Gasteiger charge is -2.24. The van der Waals surface area contributed by atoms with Gasteiger partial charge in [0.1, 0.15) is 0 Å². The van der Waals surface area contributed by atoms with Crippen LogP contribution >= 0.6 is 11.6 Å². The van der Waals surface area contributed by atoms with Crippen molar-refractivity contribution in [3.8, 4) is 11.1 Å². The number of imidazole rings is 1. The molecule has 0 unspecified atom stereocenters. The van der Waals surface area contributed by atoms with Gasteiger partial charge in [0.15, 0.2) is 0 Å². The molecule has 0 saturated heterocycles. The van der Waals surface area contributed by atoms with E-state index >= 15 is 0 Å². The van der Waals surface area contributed by atoms with E-state index in [4.69, 9.17) is 11.6 Å². The zero-order valence-electron chi connectivity index (χ0n) is 18.4. The molecule has 4 aromatic rings. The predicted molar refractivity (Wildman–Crippen MR) is 133 cm³/mol. The zero-order chi connectivity index (χ0) is 23.5. The first-order chi connectivity index (χ1) is 16.6. The number of hydrogen-bond donors (Lipinski definition) is 1. The minimum atomic E-state index is -0.528. The van der Waals surface area contributed by atoms with Gasteiger partial charge in [-0.15, -0.1) is 0 Å². The van der Waals surface area contributed by atoms with Crippen molar-refractivity contribution in [2.24, 2.45) is 0 Å². The van der Waals surface area contributed by atoms with Crippen LogP contribution in [-0.4, -0.2) is 39.6 Å². The molecule has 0 spiro atoms. The number of rotatable bonds is 5. The van der Waals surface area contributed by atoms with Gasteiger partial charge in [0.05, 0.1) is 18.6 Å². The summed E-state index contributed by atoms with van der Waals surface area (Å²) in [6.45, 7) is 2.01. The molecule has 34 heavy (non-hydrogen) atoms. The molecule has 2 heterocycles. The van der Waals surface area contributed by atoms with E-state index in [2.05, 4.69) is 45.2 Å². The van der Waals surface area contributed by atoms with Gasteiger partial charge < -0.3 is 14.8 Å². The van der Waals surface area contributed by atoms with Crippen LogP contribution in [-0.2, 0) is 17.9 Å². The van der Waals surface area contributed by atoms with Gasteiger partial charge in [0.25, 0.3) is 5.91 Å². The molecule has 3 aromatic carbocycles. The number of benzene rings is 3. The number of carbonyl (C=O) groups is 2. The van der Waals surface area contributed by atoms with Crippen molar-refractivity contribution in [2.75, 3.05) is 18.0 Å². The highest BCUT2D eigenvalue weighted by atomic mass is 35.5. The summed E-state index contributed by atoms with van der Waals surface area (Å²) in [4.78, 5) is 37.3. The van der Waals surface area contributed by atoms with Crippen LogP contribution in [0.1, 0.15) is 21.6 Å². The standard InChI is InChI=1S/C27H23ClN4O2/c28-23-9-6-20(7-10-23)26(33)27(34)32-13-12-31(17-24-15-29-18-30-24)25-11-8-21(14-22(25)16-32)19-4-2-1-3-5-19/h1-11,14-15,18H,12-13,16-17H2,(H,29,30). The van der Waals surface area contributed by atoms with E-state index in [1.54, 1.807) is 41.7 Å². The molecule has 0 atom stereocenters. The summed E-state index contributed by atoms with van der Waals surface area (Å²) >= 11 is 5.94. The van der Waals surface area contributed by atoms with E-state index in [0.717, 1.165) is 28.1 Å². The quantitative estimate of drug-likeness (QED) is 0.330. The van der Waals surface area contributed by atoms with Crippen molar-refractivity contribution >= 4 is 29.0 Å². The van der Waals surface area contributed by atoms with Crippen LogP contribution in [0.3, 0.4) is 0 Å². The number of hydrogen-bond acceptors (Lipinski definition) is 4. The Kier molecular flexibility index (Phi) is 6.14. The number of aromatic nitrogens is 2. The van der Waals surface area contributed by atoms with Gasteiger partial charge in [-0.25, -0.2) is 4.98 Å². The maximum Gasteiger partial charge on any atom is 0.295 e. The molecule has 1 aliphatic rings. The average molecular weight is 471 g/mol. The normalized spacial score (nSPS) is 13.3. The highest BCUT2D eigenvalue weighted by Gasteiger charge is 2.28. The third kappa shape index (κ3) is 4.58. The van der Waals surface area contributed by atoms with Crippen LogP contribution in [0.5, 0.6) is 0 Å². The lowest BCUT2D eigenvalue weighted by molar-refractivity contribution is -0.126. The van der Waals surface area contributed by atoms with Crippen LogP contribution in [0.25, 0.3) is 11.1 Å². The number of ketones is 1. The van der Waals surface area contributed by atoms with Gasteiger partial charge in [-0.05, 0) is 53.1 Å². The van der Waals surface area contributed by atoms with Crippen LogP contribution < -0.4 is 4.90 Å². The fourth-order valence-electron chi connectivity index (χ4n) is 4.26. The topological polar surface area (TPSA) is 69.3 Å². The number of Topliss-reactive ketones (excluding diaryl/α,β-unsaturated/α-hetero) is 1. The first-order valence-corrected chi connectivity index (χ1v) is 11.5. The van der Waals surface area contributed by atoms with Crippen molar-refractivity contribution in [3.05, 3.63) is 107 Å². The first kappa shape index (κ1) is 21.9. The molecule has 1 amide bonds. The van der Waals surface area contributed by atoms with Gasteiger partial charge in [-0.3, -0.25) is 9.59 Å². The van der Waals surface area contributed by atoms with E-state index in [-0.39, 0.29) is 0 Å². The smallest absolute Gasteiger partial charge is 0.295 e. The molecule has 0 bridgehead atoms. The highest BCUT2D eigenvalue weighted by Crippen LogP contribution is 2.31. The van der Waals surface area contributed by atoms with Crippen molar-refractivity contribution in [1.29, 1.82) is 0 Å². The summed E-state index contributed by atoms with van der Waals surface area (Å²) in [6, 6.07) is 22.9. The number of halogens is 1. The number of nitrogens with one attached hydrogen (secondary N) is 1. The largest absolute Gasteiger partial charge is 0.364 e. The van der Waals surface area contributed by atoms with Crippen molar-refractivity contribution in [3.63, 3.8) is 0 Å². The summed E-state index contributed by atoms with van der Waals surface area (Å²) in [5, 5.41) is 0.524. The Balaban J connectivity index is 1.48. The van der Waals surface area contributed by atoms with Crippen LogP contribution in [0.2, 0.25) is 5.02 Å². The summed E-state index contributed by atoms with van der Waals surface area (Å²) < 4.78 is 0. The molecule has 0 radical (unpaired) electrons. The maximum absolute atomic E-state index is 13.2. The molecule has 1 aliphatic heterocycles. The van der Waals surface area contributed by atoms with Gasteiger partial charge in [-0.2, -0.15) is 0 Å². The van der Waals surface area contributed by atoms with E-state index < -0.39 is 11.7 Å². The summed E-state index contributed by atoms with van der Waals surface area (Å²) in [6.07, 6.45) is 3.46. The third-order valence-corrected chi connectivity index (χ3v) is 6.28. The highest BCUT2D eigenvalue weighted by molar-refractivity contribution is 6.42. The first-order valence-electron chi connectivity index (χ1n) is 11.1. The number of amides is 1. The molecular weight excluding hydrogens is 448 g/mol. The number of nitrogens with zero attached hydrogens (tertiary/aromatic N) is 3. The Bertz CT molecular complexity index is 1300.